The number of methoxy groups -OCH3 is 6. The highest BCUT2D eigenvalue weighted by Gasteiger charge is 2.22. The topological polar surface area (TPSA) is 102 Å². The largest absolute Gasteiger partial charge is 0.383 e. The highest BCUT2D eigenvalue weighted by Crippen LogP contribution is 2.50. The van der Waals surface area contributed by atoms with Gasteiger partial charge in [0.05, 0.1) is 72.8 Å². The van der Waals surface area contributed by atoms with E-state index in [0.717, 1.165) is 75.6 Å². The Labute approximate surface area is 524 Å². The maximum atomic E-state index is 5.31. The summed E-state index contributed by atoms with van der Waals surface area (Å²) >= 11 is 7.76. The first-order valence-corrected chi connectivity index (χ1v) is 39.0. The lowest BCUT2D eigenvalue weighted by Gasteiger charge is -2.26. The van der Waals surface area contributed by atoms with Crippen LogP contribution >= 0.6 is 86.6 Å². The van der Waals surface area contributed by atoms with Crippen LogP contribution in [0.2, 0.25) is 0 Å². The first kappa shape index (κ1) is 65.7. The Morgan fingerprint density at radius 1 is 0.370 bits per heavy atom. The van der Waals surface area contributed by atoms with Crippen molar-refractivity contribution in [3.05, 3.63) is 154 Å². The normalized spacial score (nSPS) is 15.1. The number of aryl methyl sites for hydroxylation is 6. The van der Waals surface area contributed by atoms with Crippen molar-refractivity contribution < 1.29 is 28.4 Å². The molecule has 0 bridgehead atoms. The van der Waals surface area contributed by atoms with E-state index in [0.29, 0.717) is 39.6 Å². The number of hydrogen-bond donors (Lipinski definition) is 0. The number of ether oxygens (including phenoxy) is 6. The van der Waals surface area contributed by atoms with E-state index in [2.05, 4.69) is 211 Å². The molecule has 0 fully saturated rings. The Bertz CT molecular complexity index is 3180. The molecule has 3 heterocycles. The van der Waals surface area contributed by atoms with Gasteiger partial charge < -0.3 is 43.1 Å². The second-order valence-electron chi connectivity index (χ2n) is 19.7. The van der Waals surface area contributed by atoms with Gasteiger partial charge in [-0.2, -0.15) is 0 Å². The third kappa shape index (κ3) is 16.0. The van der Waals surface area contributed by atoms with E-state index in [1.807, 2.05) is 0 Å². The Hall–Kier alpha value is -2.88. The van der Waals surface area contributed by atoms with Gasteiger partial charge in [-0.1, -0.05) is 80.1 Å². The Morgan fingerprint density at radius 2 is 0.605 bits per heavy atom. The van der Waals surface area contributed by atoms with Crippen LogP contribution in [0.25, 0.3) is 0 Å². The van der Waals surface area contributed by atoms with Crippen molar-refractivity contribution in [1.29, 1.82) is 0 Å². The van der Waals surface area contributed by atoms with Gasteiger partial charge in [0.2, 0.25) is 0 Å². The van der Waals surface area contributed by atoms with Gasteiger partial charge in [0.1, 0.15) is 0 Å². The maximum Gasteiger partial charge on any atom is 0.0808 e. The molecule has 0 amide bonds. The number of anilines is 3. The van der Waals surface area contributed by atoms with Crippen LogP contribution < -0.4 is 30.8 Å². The summed E-state index contributed by atoms with van der Waals surface area (Å²) in [7, 11) is 10.4. The van der Waals surface area contributed by atoms with Crippen molar-refractivity contribution >= 4 is 121 Å². The van der Waals surface area contributed by atoms with Crippen LogP contribution in [0, 0.1) is 34.3 Å². The monoisotopic (exact) mass is 1490 g/mol. The fourth-order valence-corrected chi connectivity index (χ4v) is 20.3. The van der Waals surface area contributed by atoms with Gasteiger partial charge in [-0.3, -0.25) is 0 Å². The second kappa shape index (κ2) is 32.6. The molecule has 81 heavy (non-hydrogen) atoms. The quantitative estimate of drug-likeness (QED) is 0.0433. The van der Waals surface area contributed by atoms with E-state index < -0.39 is 0 Å². The van der Waals surface area contributed by atoms with Gasteiger partial charge in [0, 0.05) is 127 Å². The molecule has 9 rings (SSSR count). The average molecular weight is 1500 g/mol. The molecule has 0 spiro atoms. The lowest BCUT2D eigenvalue weighted by atomic mass is 10.1. The summed E-state index contributed by atoms with van der Waals surface area (Å²) in [5.41, 5.74) is 14.8. The molecule has 3 aliphatic heterocycles. The van der Waals surface area contributed by atoms with Crippen LogP contribution in [-0.2, 0) is 47.7 Å². The van der Waals surface area contributed by atoms with Crippen molar-refractivity contribution in [3.8, 4) is 0 Å². The number of nitrogens with zero attached hydrogens (tertiary/aromatic N) is 6. The van der Waals surface area contributed by atoms with Gasteiger partial charge >= 0.3 is 0 Å². The van der Waals surface area contributed by atoms with E-state index in [1.165, 1.54) is 94.7 Å². The van der Waals surface area contributed by atoms with E-state index in [1.54, 1.807) is 42.7 Å². The number of hydrogen-bond acceptors (Lipinski definition) is 12. The smallest absolute Gasteiger partial charge is 0.0808 e. The minimum absolute atomic E-state index is 0.0134. The van der Waals surface area contributed by atoms with Crippen LogP contribution in [0.1, 0.15) is 54.2 Å². The van der Waals surface area contributed by atoms with Crippen LogP contribution in [0.4, 0.5) is 34.1 Å². The summed E-state index contributed by atoms with van der Waals surface area (Å²) in [6, 6.07) is 33.5. The van der Waals surface area contributed by atoms with E-state index in [9.17, 15) is 0 Å². The summed E-state index contributed by atoms with van der Waals surface area (Å²) < 4.78 is 35.9. The zero-order valence-corrected chi connectivity index (χ0v) is 58.2. The first-order valence-electron chi connectivity index (χ1n) is 27.7. The van der Waals surface area contributed by atoms with Gasteiger partial charge in [-0.05, 0) is 192 Å². The van der Waals surface area contributed by atoms with E-state index in [4.69, 9.17) is 43.4 Å². The molecule has 438 valence electrons. The molecule has 3 unspecified atom stereocenters. The second-order valence-corrected chi connectivity index (χ2v) is 31.8. The van der Waals surface area contributed by atoms with Crippen molar-refractivity contribution in [1.82, 2.24) is 0 Å². The third-order valence-corrected chi connectivity index (χ3v) is 27.2. The van der Waals surface area contributed by atoms with Crippen LogP contribution in [0.5, 0.6) is 0 Å². The van der Waals surface area contributed by atoms with Crippen LogP contribution in [-0.4, -0.2) is 122 Å². The number of para-hydroxylation sites is 3. The standard InChI is InChI=1S/3C21H27IN2O2S/c3*1-5-16-7-6-8-18-21(16)23-20-15(2)13-17(14-19(20)27(18)22)24(9-11-25-3)10-12-26-4/h3*6-8,13-14H,5,9-12H2,1-4H3. The predicted molar refractivity (Wildman–Crippen MR) is 367 cm³/mol. The molecule has 6 aromatic rings. The summed E-state index contributed by atoms with van der Waals surface area (Å²) in [4.78, 5) is 26.3. The molecule has 0 aromatic heterocycles. The summed E-state index contributed by atoms with van der Waals surface area (Å²) in [5, 5.41) is 3.53. The van der Waals surface area contributed by atoms with Crippen molar-refractivity contribution in [2.45, 2.75) is 75.5 Å². The van der Waals surface area contributed by atoms with Gasteiger partial charge in [0.15, 0.2) is 0 Å². The minimum Gasteiger partial charge on any atom is -0.383 e. The zero-order chi connectivity index (χ0) is 58.2. The lowest BCUT2D eigenvalue weighted by molar-refractivity contribution is 0.190. The zero-order valence-electron chi connectivity index (χ0n) is 49.3. The lowest BCUT2D eigenvalue weighted by Crippen LogP contribution is -2.30. The van der Waals surface area contributed by atoms with Crippen molar-refractivity contribution in [2.24, 2.45) is 15.0 Å². The fourth-order valence-electron chi connectivity index (χ4n) is 9.96. The van der Waals surface area contributed by atoms with Gasteiger partial charge in [-0.25, -0.2) is 15.0 Å². The predicted octanol–water partition coefficient (Wildman–Crippen LogP) is 14.6. The Kier molecular flexibility index (Phi) is 26.4. The van der Waals surface area contributed by atoms with E-state index in [-0.39, 0.29) is 23.0 Å². The number of fused-ring (bicyclic) bond motifs is 6. The molecule has 0 radical (unpaired) electrons. The molecule has 0 saturated heterocycles. The van der Waals surface area contributed by atoms with Crippen LogP contribution in [0.15, 0.2) is 121 Å². The molecule has 3 atom stereocenters. The molecule has 3 aliphatic rings. The summed E-state index contributed by atoms with van der Waals surface area (Å²) in [5.74, 6) is 0. The fraction of sp³-hybridized carbons (Fsp3) is 0.429. The molecule has 6 aromatic carbocycles. The van der Waals surface area contributed by atoms with Gasteiger partial charge in [-0.15, -0.1) is 0 Å². The maximum absolute atomic E-state index is 5.31. The Balaban J connectivity index is 0.000000175. The van der Waals surface area contributed by atoms with Crippen molar-refractivity contribution in [3.63, 3.8) is 0 Å². The number of rotatable bonds is 24. The SMILES string of the molecule is CCc1cccc2c1=Nc1c(C)cc(N(CCOC)CCOC)cc1S=2I.CCc1cccc2c1=Nc1c(C)cc(N(CCOC)CCOC)cc1S=2I.CCc1cccc2c1=Nc1c(C)cc(N(CCOC)CCOC)cc1S=2I. The molecule has 0 N–H and O–H groups in total. The highest BCUT2D eigenvalue weighted by atomic mass is 127. The molecular weight excluding hydrogens is 1410 g/mol. The molecule has 12 nitrogen and oxygen atoms in total. The van der Waals surface area contributed by atoms with Crippen molar-refractivity contribution in [2.75, 3.05) is 136 Å². The third-order valence-electron chi connectivity index (χ3n) is 14.5. The number of halogens is 3. The minimum atomic E-state index is -0.0134. The molecular formula is C63H81I3N6O6S3. The first-order chi connectivity index (χ1) is 39.3. The molecule has 18 heteroatoms. The Morgan fingerprint density at radius 3 is 0.815 bits per heavy atom. The average Bonchev–Trinajstić information content (AvgIpc) is 3.65. The summed E-state index contributed by atoms with van der Waals surface area (Å²) in [6.45, 7) is 22.4. The molecule has 0 aliphatic carbocycles. The molecule has 0 saturated carbocycles. The summed E-state index contributed by atoms with van der Waals surface area (Å²) in [6.07, 6.45) is 3.03. The van der Waals surface area contributed by atoms with Crippen LogP contribution in [0.3, 0.4) is 0 Å². The van der Waals surface area contributed by atoms with E-state index >= 15 is 0 Å². The van der Waals surface area contributed by atoms with Gasteiger partial charge in [0.25, 0.3) is 0 Å². The highest BCUT2D eigenvalue weighted by molar-refractivity contribution is 14.2. The number of benzene rings is 6.